The fourth-order valence-electron chi connectivity index (χ4n) is 2.60. The van der Waals surface area contributed by atoms with E-state index >= 15 is 0 Å². The number of benzene rings is 1. The number of ether oxygens (including phenoxy) is 2. The van der Waals surface area contributed by atoms with Crippen molar-refractivity contribution in [3.8, 4) is 0 Å². The molecule has 0 fully saturated rings. The number of amides is 2. The van der Waals surface area contributed by atoms with Gasteiger partial charge >= 0.3 is 12.1 Å². The lowest BCUT2D eigenvalue weighted by molar-refractivity contribution is -0.148. The van der Waals surface area contributed by atoms with E-state index in [4.69, 9.17) is 9.47 Å². The molecule has 1 aromatic rings. The van der Waals surface area contributed by atoms with Crippen LogP contribution in [0.5, 0.6) is 0 Å². The summed E-state index contributed by atoms with van der Waals surface area (Å²) in [6, 6.07) is 9.13. The zero-order chi connectivity index (χ0) is 22.1. The molecule has 0 aliphatic heterocycles. The highest BCUT2D eigenvalue weighted by Crippen LogP contribution is 2.12. The van der Waals surface area contributed by atoms with Gasteiger partial charge in [-0.25, -0.2) is 9.59 Å². The molecule has 1 rings (SSSR count). The Kier molecular flexibility index (Phi) is 9.14. The first-order valence-corrected chi connectivity index (χ1v) is 9.97. The van der Waals surface area contributed by atoms with Gasteiger partial charge in [0.25, 0.3) is 0 Å². The van der Waals surface area contributed by atoms with Crippen molar-refractivity contribution < 1.29 is 23.9 Å². The molecule has 162 valence electrons. The third-order valence-corrected chi connectivity index (χ3v) is 4.06. The predicted octanol–water partition coefficient (Wildman–Crippen LogP) is 3.36. The van der Waals surface area contributed by atoms with Gasteiger partial charge in [-0.3, -0.25) is 4.79 Å². The lowest BCUT2D eigenvalue weighted by Crippen LogP contribution is -2.58. The summed E-state index contributed by atoms with van der Waals surface area (Å²) in [7, 11) is 0. The number of carbonyl (C=O) groups is 3. The van der Waals surface area contributed by atoms with E-state index in [0.717, 1.165) is 12.0 Å². The summed E-state index contributed by atoms with van der Waals surface area (Å²) in [6.45, 7) is 10.3. The minimum Gasteiger partial charge on any atom is -0.464 e. The van der Waals surface area contributed by atoms with E-state index in [2.05, 4.69) is 10.6 Å². The maximum absolute atomic E-state index is 12.7. The highest BCUT2D eigenvalue weighted by atomic mass is 16.6. The zero-order valence-electron chi connectivity index (χ0n) is 18.3. The molecule has 1 aromatic carbocycles. The van der Waals surface area contributed by atoms with Crippen molar-refractivity contribution in [2.24, 2.45) is 0 Å². The summed E-state index contributed by atoms with van der Waals surface area (Å²) < 4.78 is 10.3. The summed E-state index contributed by atoms with van der Waals surface area (Å²) in [5.41, 5.74) is -0.776. The van der Waals surface area contributed by atoms with Crippen LogP contribution in [0.1, 0.15) is 59.9 Å². The van der Waals surface area contributed by atoms with Gasteiger partial charge in [0.15, 0.2) is 0 Å². The van der Waals surface area contributed by atoms with Crippen LogP contribution in [0, 0.1) is 0 Å². The minimum atomic E-state index is -1.26. The van der Waals surface area contributed by atoms with Gasteiger partial charge in [-0.15, -0.1) is 0 Å². The Hall–Kier alpha value is -2.57. The van der Waals surface area contributed by atoms with Gasteiger partial charge in [0.05, 0.1) is 6.61 Å². The summed E-state index contributed by atoms with van der Waals surface area (Å²) in [6.07, 6.45) is 1.22. The van der Waals surface area contributed by atoms with Crippen LogP contribution in [0.3, 0.4) is 0 Å². The standard InChI is InChI=1S/C22H34N2O5/c1-7-28-18(25)17(15-11-14-16-12-9-8-10-13-16)23-19(26)22(5,6)24-20(27)29-21(2,3)4/h8-10,12-13,17H,7,11,14-15H2,1-6H3,(H,23,26)(H,24,27)/t17-/m1/s1. The monoisotopic (exact) mass is 406 g/mol. The second-order valence-electron chi connectivity index (χ2n) is 8.41. The van der Waals surface area contributed by atoms with Gasteiger partial charge in [-0.05, 0) is 66.4 Å². The van der Waals surface area contributed by atoms with E-state index in [0.29, 0.717) is 12.8 Å². The van der Waals surface area contributed by atoms with Crippen molar-refractivity contribution in [1.82, 2.24) is 10.6 Å². The molecule has 0 spiro atoms. The molecular formula is C22H34N2O5. The molecule has 2 N–H and O–H groups in total. The van der Waals surface area contributed by atoms with Crippen LogP contribution in [0.4, 0.5) is 4.79 Å². The van der Waals surface area contributed by atoms with Crippen molar-refractivity contribution in [2.75, 3.05) is 6.61 Å². The SMILES string of the molecule is CCOC(=O)[C@@H](CCCc1ccccc1)NC(=O)C(C)(C)NC(=O)OC(C)(C)C. The van der Waals surface area contributed by atoms with Crippen LogP contribution >= 0.6 is 0 Å². The molecule has 0 unspecified atom stereocenters. The molecular weight excluding hydrogens is 372 g/mol. The van der Waals surface area contributed by atoms with Crippen molar-refractivity contribution in [1.29, 1.82) is 0 Å². The lowest BCUT2D eigenvalue weighted by Gasteiger charge is -2.29. The largest absolute Gasteiger partial charge is 0.464 e. The van der Waals surface area contributed by atoms with Crippen LogP contribution in [-0.4, -0.2) is 41.8 Å². The number of hydrogen-bond acceptors (Lipinski definition) is 5. The third kappa shape index (κ3) is 9.45. The van der Waals surface area contributed by atoms with E-state index in [1.165, 1.54) is 0 Å². The Morgan fingerprint density at radius 1 is 1.03 bits per heavy atom. The van der Waals surface area contributed by atoms with Crippen LogP contribution < -0.4 is 10.6 Å². The van der Waals surface area contributed by atoms with E-state index in [1.807, 2.05) is 30.3 Å². The van der Waals surface area contributed by atoms with Crippen LogP contribution in [-0.2, 0) is 25.5 Å². The van der Waals surface area contributed by atoms with Gasteiger partial charge < -0.3 is 20.1 Å². The molecule has 0 heterocycles. The Bertz CT molecular complexity index is 680. The molecule has 0 aliphatic rings. The second-order valence-corrected chi connectivity index (χ2v) is 8.41. The van der Waals surface area contributed by atoms with Gasteiger partial charge in [-0.1, -0.05) is 30.3 Å². The number of hydrogen-bond donors (Lipinski definition) is 2. The third-order valence-electron chi connectivity index (χ3n) is 4.06. The molecule has 1 atom stereocenters. The first-order valence-electron chi connectivity index (χ1n) is 9.97. The normalized spacial score (nSPS) is 12.6. The number of esters is 1. The second kappa shape index (κ2) is 10.8. The van der Waals surface area contributed by atoms with Crippen molar-refractivity contribution in [3.63, 3.8) is 0 Å². The predicted molar refractivity (Wildman–Crippen MR) is 111 cm³/mol. The Labute approximate surface area is 173 Å². The summed E-state index contributed by atoms with van der Waals surface area (Å²) in [5, 5.41) is 5.26. The van der Waals surface area contributed by atoms with E-state index in [1.54, 1.807) is 41.5 Å². The van der Waals surface area contributed by atoms with Gasteiger partial charge in [-0.2, -0.15) is 0 Å². The number of rotatable bonds is 9. The highest BCUT2D eigenvalue weighted by molar-refractivity contribution is 5.92. The fourth-order valence-corrected chi connectivity index (χ4v) is 2.60. The average Bonchev–Trinajstić information content (AvgIpc) is 2.59. The van der Waals surface area contributed by atoms with E-state index in [-0.39, 0.29) is 6.61 Å². The van der Waals surface area contributed by atoms with Gasteiger partial charge in [0, 0.05) is 0 Å². The molecule has 0 radical (unpaired) electrons. The number of aryl methyl sites for hydroxylation is 1. The first kappa shape index (κ1) is 24.5. The number of alkyl carbamates (subject to hydrolysis) is 1. The Balaban J connectivity index is 2.71. The Morgan fingerprint density at radius 2 is 1.66 bits per heavy atom. The first-order chi connectivity index (χ1) is 13.4. The maximum atomic E-state index is 12.7. The van der Waals surface area contributed by atoms with Crippen LogP contribution in [0.25, 0.3) is 0 Å². The quantitative estimate of drug-likeness (QED) is 0.613. The molecule has 0 aliphatic carbocycles. The van der Waals surface area contributed by atoms with Crippen LogP contribution in [0.15, 0.2) is 30.3 Å². The van der Waals surface area contributed by atoms with E-state index < -0.39 is 35.2 Å². The smallest absolute Gasteiger partial charge is 0.408 e. The zero-order valence-corrected chi connectivity index (χ0v) is 18.3. The maximum Gasteiger partial charge on any atom is 0.408 e. The number of carbonyl (C=O) groups excluding carboxylic acids is 3. The Morgan fingerprint density at radius 3 is 2.21 bits per heavy atom. The average molecular weight is 407 g/mol. The molecule has 0 saturated carbocycles. The molecule has 7 nitrogen and oxygen atoms in total. The summed E-state index contributed by atoms with van der Waals surface area (Å²) in [5.74, 6) is -0.969. The number of nitrogens with one attached hydrogen (secondary N) is 2. The highest BCUT2D eigenvalue weighted by Gasteiger charge is 2.34. The fraction of sp³-hybridized carbons (Fsp3) is 0.591. The minimum absolute atomic E-state index is 0.226. The van der Waals surface area contributed by atoms with Gasteiger partial charge in [0.2, 0.25) is 5.91 Å². The molecule has 29 heavy (non-hydrogen) atoms. The summed E-state index contributed by atoms with van der Waals surface area (Å²) >= 11 is 0. The molecule has 0 aromatic heterocycles. The van der Waals surface area contributed by atoms with Crippen molar-refractivity contribution in [2.45, 2.75) is 78.0 Å². The van der Waals surface area contributed by atoms with Gasteiger partial charge in [0.1, 0.15) is 17.2 Å². The van der Waals surface area contributed by atoms with Crippen molar-refractivity contribution in [3.05, 3.63) is 35.9 Å². The van der Waals surface area contributed by atoms with Crippen molar-refractivity contribution >= 4 is 18.0 Å². The lowest BCUT2D eigenvalue weighted by atomic mass is 10.0. The summed E-state index contributed by atoms with van der Waals surface area (Å²) in [4.78, 5) is 37.1. The molecule has 2 amide bonds. The van der Waals surface area contributed by atoms with Crippen LogP contribution in [0.2, 0.25) is 0 Å². The molecule has 0 bridgehead atoms. The van der Waals surface area contributed by atoms with E-state index in [9.17, 15) is 14.4 Å². The topological polar surface area (TPSA) is 93.7 Å². The molecule has 0 saturated heterocycles. The molecule has 7 heteroatoms.